The fraction of sp³-hybridized carbons (Fsp3) is 0.333. The fourth-order valence-electron chi connectivity index (χ4n) is 3.62. The second kappa shape index (κ2) is 7.96. The molecule has 0 aliphatic carbocycles. The molecule has 0 saturated heterocycles. The van der Waals surface area contributed by atoms with E-state index < -0.39 is 15.9 Å². The Kier molecular flexibility index (Phi) is 5.77. The van der Waals surface area contributed by atoms with Crippen LogP contribution in [0.5, 0.6) is 0 Å². The van der Waals surface area contributed by atoms with Crippen molar-refractivity contribution < 1.29 is 18.0 Å². The Hall–Kier alpha value is -2.71. The van der Waals surface area contributed by atoms with Gasteiger partial charge in [0.2, 0.25) is 21.8 Å². The molecule has 0 fully saturated rings. The Labute approximate surface area is 171 Å². The maximum Gasteiger partial charge on any atom is 0.243 e. The van der Waals surface area contributed by atoms with Crippen LogP contribution < -0.4 is 10.2 Å². The maximum absolute atomic E-state index is 12.9. The van der Waals surface area contributed by atoms with E-state index in [2.05, 4.69) is 5.32 Å². The van der Waals surface area contributed by atoms with Gasteiger partial charge in [-0.15, -0.1) is 0 Å². The number of para-hydroxylation sites is 1. The number of carbonyl (C=O) groups excluding carboxylic acids is 2. The van der Waals surface area contributed by atoms with Gasteiger partial charge < -0.3 is 10.2 Å². The van der Waals surface area contributed by atoms with Crippen molar-refractivity contribution in [2.45, 2.75) is 38.1 Å². The van der Waals surface area contributed by atoms with Gasteiger partial charge in [0.1, 0.15) is 0 Å². The largest absolute Gasteiger partial charge is 0.325 e. The minimum absolute atomic E-state index is 0.0157. The monoisotopic (exact) mass is 415 g/mol. The number of sulfonamides is 1. The quantitative estimate of drug-likeness (QED) is 0.813. The summed E-state index contributed by atoms with van der Waals surface area (Å²) in [4.78, 5) is 26.0. The number of nitrogens with zero attached hydrogens (tertiary/aromatic N) is 2. The van der Waals surface area contributed by atoms with Crippen molar-refractivity contribution in [3.05, 3.63) is 53.6 Å². The summed E-state index contributed by atoms with van der Waals surface area (Å²) < 4.78 is 26.9. The van der Waals surface area contributed by atoms with Crippen LogP contribution in [-0.2, 0) is 26.0 Å². The van der Waals surface area contributed by atoms with Crippen LogP contribution in [0.4, 0.5) is 11.4 Å². The highest BCUT2D eigenvalue weighted by atomic mass is 32.2. The Balaban J connectivity index is 1.77. The average molecular weight is 416 g/mol. The van der Waals surface area contributed by atoms with E-state index in [4.69, 9.17) is 0 Å². The third-order valence-electron chi connectivity index (χ3n) is 5.10. The summed E-state index contributed by atoms with van der Waals surface area (Å²) in [5.41, 5.74) is 3.10. The highest BCUT2D eigenvalue weighted by molar-refractivity contribution is 7.89. The van der Waals surface area contributed by atoms with Crippen LogP contribution in [0.3, 0.4) is 0 Å². The summed E-state index contributed by atoms with van der Waals surface area (Å²) in [5, 5.41) is 2.74. The maximum atomic E-state index is 12.9. The molecule has 0 unspecified atom stereocenters. The van der Waals surface area contributed by atoms with Gasteiger partial charge in [0.05, 0.1) is 11.4 Å². The van der Waals surface area contributed by atoms with E-state index in [1.165, 1.54) is 20.0 Å². The minimum atomic E-state index is -3.84. The number of hydrogen-bond donors (Lipinski definition) is 1. The van der Waals surface area contributed by atoms with Crippen LogP contribution in [0, 0.1) is 6.92 Å². The lowest BCUT2D eigenvalue weighted by molar-refractivity contribution is -0.117. The first-order chi connectivity index (χ1) is 13.6. The molecule has 1 N–H and O–H groups in total. The molecule has 2 amide bonds. The molecule has 7 nitrogen and oxygen atoms in total. The molecule has 8 heteroatoms. The van der Waals surface area contributed by atoms with Crippen LogP contribution in [0.15, 0.2) is 47.4 Å². The highest BCUT2D eigenvalue weighted by Gasteiger charge is 2.31. The fourth-order valence-corrected chi connectivity index (χ4v) is 4.80. The first-order valence-corrected chi connectivity index (χ1v) is 10.8. The number of rotatable bonds is 5. The van der Waals surface area contributed by atoms with Crippen molar-refractivity contribution in [1.29, 1.82) is 0 Å². The lowest BCUT2D eigenvalue weighted by Crippen LogP contribution is -2.35. The SMILES string of the molecule is CC(=O)N1c2ccc(S(=O)(=O)N(C)CC(=O)Nc3ccccc3C)cc2C[C@@H]1C. The Morgan fingerprint density at radius 1 is 1.21 bits per heavy atom. The number of amides is 2. The van der Waals surface area contributed by atoms with Gasteiger partial charge in [-0.25, -0.2) is 8.42 Å². The van der Waals surface area contributed by atoms with E-state index >= 15 is 0 Å². The third kappa shape index (κ3) is 4.18. The van der Waals surface area contributed by atoms with Crippen LogP contribution >= 0.6 is 0 Å². The van der Waals surface area contributed by atoms with Crippen LogP contribution in [0.1, 0.15) is 25.0 Å². The second-order valence-corrected chi connectivity index (χ2v) is 9.40. The Morgan fingerprint density at radius 3 is 2.55 bits per heavy atom. The van der Waals surface area contributed by atoms with Crippen molar-refractivity contribution >= 4 is 33.2 Å². The Bertz CT molecular complexity index is 1070. The molecule has 1 aliphatic heterocycles. The number of fused-ring (bicyclic) bond motifs is 1. The summed E-state index contributed by atoms with van der Waals surface area (Å²) in [5.74, 6) is -0.486. The molecule has 0 spiro atoms. The normalized spacial score (nSPS) is 16.0. The second-order valence-electron chi connectivity index (χ2n) is 7.36. The lowest BCUT2D eigenvalue weighted by atomic mass is 10.1. The predicted octanol–water partition coefficient (Wildman–Crippen LogP) is 2.55. The molecule has 1 atom stereocenters. The number of aryl methyl sites for hydroxylation is 1. The van der Waals surface area contributed by atoms with E-state index in [0.29, 0.717) is 12.1 Å². The topological polar surface area (TPSA) is 86.8 Å². The van der Waals surface area contributed by atoms with Crippen molar-refractivity contribution in [1.82, 2.24) is 4.31 Å². The highest BCUT2D eigenvalue weighted by Crippen LogP contribution is 2.34. The third-order valence-corrected chi connectivity index (χ3v) is 6.90. The average Bonchev–Trinajstić information content (AvgIpc) is 2.98. The van der Waals surface area contributed by atoms with Gasteiger partial charge in [-0.1, -0.05) is 18.2 Å². The first kappa shape index (κ1) is 21.0. The minimum Gasteiger partial charge on any atom is -0.325 e. The summed E-state index contributed by atoms with van der Waals surface area (Å²) in [7, 11) is -2.46. The number of carbonyl (C=O) groups is 2. The van der Waals surface area contributed by atoms with E-state index in [0.717, 1.165) is 21.1 Å². The van der Waals surface area contributed by atoms with E-state index in [-0.39, 0.29) is 23.4 Å². The van der Waals surface area contributed by atoms with Gasteiger partial charge in [0, 0.05) is 31.4 Å². The summed E-state index contributed by atoms with van der Waals surface area (Å²) >= 11 is 0. The number of anilines is 2. The smallest absolute Gasteiger partial charge is 0.243 e. The van der Waals surface area contributed by atoms with Crippen molar-refractivity contribution in [2.24, 2.45) is 0 Å². The predicted molar refractivity (Wildman–Crippen MR) is 112 cm³/mol. The zero-order valence-corrected chi connectivity index (χ0v) is 17.8. The molecule has 29 heavy (non-hydrogen) atoms. The van der Waals surface area contributed by atoms with Crippen LogP contribution in [-0.4, -0.2) is 44.2 Å². The molecule has 1 aliphatic rings. The van der Waals surface area contributed by atoms with Crippen molar-refractivity contribution in [2.75, 3.05) is 23.8 Å². The molecule has 2 aromatic rings. The van der Waals surface area contributed by atoms with Crippen molar-refractivity contribution in [3.8, 4) is 0 Å². The van der Waals surface area contributed by atoms with Gasteiger partial charge in [-0.2, -0.15) is 4.31 Å². The molecular formula is C21H25N3O4S. The zero-order chi connectivity index (χ0) is 21.3. The number of likely N-dealkylation sites (N-methyl/N-ethyl adjacent to an activating group) is 1. The number of benzene rings is 2. The van der Waals surface area contributed by atoms with E-state index in [1.54, 1.807) is 29.2 Å². The summed E-state index contributed by atoms with van der Waals surface area (Å²) in [6.45, 7) is 4.99. The van der Waals surface area contributed by atoms with E-state index in [9.17, 15) is 18.0 Å². The van der Waals surface area contributed by atoms with Gasteiger partial charge in [-0.3, -0.25) is 9.59 Å². The molecule has 0 radical (unpaired) electrons. The standard InChI is InChI=1S/C21H25N3O4S/c1-14-7-5-6-8-19(14)22-21(26)13-23(4)29(27,28)18-9-10-20-17(12-18)11-15(2)24(20)16(3)25/h5-10,12,15H,11,13H2,1-4H3,(H,22,26)/t15-/m0/s1. The summed E-state index contributed by atoms with van der Waals surface area (Å²) in [6, 6.07) is 12.0. The lowest BCUT2D eigenvalue weighted by Gasteiger charge is -2.21. The van der Waals surface area contributed by atoms with Gasteiger partial charge in [0.15, 0.2) is 0 Å². The first-order valence-electron chi connectivity index (χ1n) is 9.36. The van der Waals surface area contributed by atoms with Gasteiger partial charge >= 0.3 is 0 Å². The molecule has 3 rings (SSSR count). The number of hydrogen-bond acceptors (Lipinski definition) is 4. The number of nitrogens with one attached hydrogen (secondary N) is 1. The van der Waals surface area contributed by atoms with Gasteiger partial charge in [-0.05, 0) is 55.7 Å². The molecule has 0 aromatic heterocycles. The van der Waals surface area contributed by atoms with Gasteiger partial charge in [0.25, 0.3) is 0 Å². The molecule has 2 aromatic carbocycles. The molecular weight excluding hydrogens is 390 g/mol. The Morgan fingerprint density at radius 2 is 1.90 bits per heavy atom. The van der Waals surface area contributed by atoms with Crippen LogP contribution in [0.25, 0.3) is 0 Å². The van der Waals surface area contributed by atoms with Crippen LogP contribution in [0.2, 0.25) is 0 Å². The molecule has 1 heterocycles. The molecule has 154 valence electrons. The van der Waals surface area contributed by atoms with E-state index in [1.807, 2.05) is 26.0 Å². The van der Waals surface area contributed by atoms with Crippen molar-refractivity contribution in [3.63, 3.8) is 0 Å². The summed E-state index contributed by atoms with van der Waals surface area (Å²) in [6.07, 6.45) is 0.593. The molecule has 0 saturated carbocycles. The zero-order valence-electron chi connectivity index (χ0n) is 17.0. The molecule has 0 bridgehead atoms.